The predicted octanol–water partition coefficient (Wildman–Crippen LogP) is 1.50. The van der Waals surface area contributed by atoms with Crippen LogP contribution in [0.2, 0.25) is 0 Å². The van der Waals surface area contributed by atoms with E-state index in [2.05, 4.69) is 5.32 Å². The molecule has 20 heavy (non-hydrogen) atoms. The van der Waals surface area contributed by atoms with Gasteiger partial charge in [-0.3, -0.25) is 4.79 Å². The molecule has 6 heteroatoms. The summed E-state index contributed by atoms with van der Waals surface area (Å²) in [6.45, 7) is 2.40. The first-order valence-electron chi connectivity index (χ1n) is 6.14. The van der Waals surface area contributed by atoms with Gasteiger partial charge in [0, 0.05) is 30.9 Å². The summed E-state index contributed by atoms with van der Waals surface area (Å²) >= 11 is 0. The van der Waals surface area contributed by atoms with Crippen molar-refractivity contribution in [1.82, 2.24) is 5.32 Å². The van der Waals surface area contributed by atoms with E-state index < -0.39 is 11.8 Å². The van der Waals surface area contributed by atoms with Gasteiger partial charge in [-0.2, -0.15) is 0 Å². The predicted molar refractivity (Wildman–Crippen MR) is 75.0 cm³/mol. The molecule has 108 valence electrons. The molecule has 1 aromatic rings. The first kappa shape index (κ1) is 15.7. The maximum absolute atomic E-state index is 13.8. The molecular formula is C14H17FN2O3. The molecule has 0 spiro atoms. The molecule has 0 unspecified atom stereocenters. The SMILES string of the molecule is CCN(CC(=O)NC)c1cccc(F)c1/C=C/C(=O)O. The van der Waals surface area contributed by atoms with Crippen LogP contribution in [0.15, 0.2) is 24.3 Å². The van der Waals surface area contributed by atoms with E-state index in [1.54, 1.807) is 11.0 Å². The highest BCUT2D eigenvalue weighted by atomic mass is 19.1. The highest BCUT2D eigenvalue weighted by Gasteiger charge is 2.14. The molecule has 0 aliphatic carbocycles. The van der Waals surface area contributed by atoms with E-state index >= 15 is 0 Å². The van der Waals surface area contributed by atoms with Gasteiger partial charge < -0.3 is 15.3 Å². The Hall–Kier alpha value is -2.37. The highest BCUT2D eigenvalue weighted by molar-refractivity contribution is 5.88. The smallest absolute Gasteiger partial charge is 0.328 e. The minimum absolute atomic E-state index is 0.0738. The van der Waals surface area contributed by atoms with E-state index in [4.69, 9.17) is 5.11 Å². The minimum Gasteiger partial charge on any atom is -0.478 e. The zero-order valence-electron chi connectivity index (χ0n) is 11.4. The molecule has 0 heterocycles. The topological polar surface area (TPSA) is 69.6 Å². The zero-order chi connectivity index (χ0) is 15.1. The quantitative estimate of drug-likeness (QED) is 0.775. The lowest BCUT2D eigenvalue weighted by atomic mass is 10.1. The summed E-state index contributed by atoms with van der Waals surface area (Å²) in [5, 5.41) is 11.1. The van der Waals surface area contributed by atoms with Crippen LogP contribution in [0.4, 0.5) is 10.1 Å². The van der Waals surface area contributed by atoms with Gasteiger partial charge in [0.1, 0.15) is 5.82 Å². The average molecular weight is 280 g/mol. The standard InChI is InChI=1S/C14H17FN2O3/c1-3-17(9-13(18)16-2)12-6-4-5-11(15)10(12)7-8-14(19)20/h4-8H,3,9H2,1-2H3,(H,16,18)(H,19,20)/b8-7+. The highest BCUT2D eigenvalue weighted by Crippen LogP contribution is 2.24. The Labute approximate surface area is 116 Å². The lowest BCUT2D eigenvalue weighted by molar-refractivity contribution is -0.131. The van der Waals surface area contributed by atoms with Crippen LogP contribution in [0.5, 0.6) is 0 Å². The van der Waals surface area contributed by atoms with Crippen molar-refractivity contribution in [2.75, 3.05) is 25.0 Å². The van der Waals surface area contributed by atoms with E-state index in [9.17, 15) is 14.0 Å². The molecule has 0 aliphatic rings. The molecule has 5 nitrogen and oxygen atoms in total. The van der Waals surface area contributed by atoms with E-state index in [0.717, 1.165) is 6.08 Å². The Morgan fingerprint density at radius 3 is 2.70 bits per heavy atom. The number of carboxylic acids is 1. The van der Waals surface area contributed by atoms with Crippen molar-refractivity contribution >= 4 is 23.6 Å². The molecule has 0 bridgehead atoms. The second-order valence-electron chi connectivity index (χ2n) is 4.03. The number of likely N-dealkylation sites (N-methyl/N-ethyl adjacent to an activating group) is 2. The summed E-state index contributed by atoms with van der Waals surface area (Å²) in [6, 6.07) is 4.42. The number of carboxylic acid groups (broad SMARTS) is 1. The van der Waals surface area contributed by atoms with Gasteiger partial charge in [-0.25, -0.2) is 9.18 Å². The Morgan fingerprint density at radius 2 is 2.15 bits per heavy atom. The van der Waals surface area contributed by atoms with Gasteiger partial charge in [0.15, 0.2) is 0 Å². The summed E-state index contributed by atoms with van der Waals surface area (Å²) in [6.07, 6.45) is 2.06. The number of aliphatic carboxylic acids is 1. The van der Waals surface area contributed by atoms with Crippen LogP contribution < -0.4 is 10.2 Å². The minimum atomic E-state index is -1.16. The Balaban J connectivity index is 3.17. The van der Waals surface area contributed by atoms with Crippen LogP contribution in [0.25, 0.3) is 6.08 Å². The molecule has 0 aliphatic heterocycles. The van der Waals surface area contributed by atoms with Crippen molar-refractivity contribution in [2.45, 2.75) is 6.92 Å². The fraction of sp³-hybridized carbons (Fsp3) is 0.286. The average Bonchev–Trinajstić information content (AvgIpc) is 2.42. The zero-order valence-corrected chi connectivity index (χ0v) is 11.4. The van der Waals surface area contributed by atoms with Crippen molar-refractivity contribution in [3.63, 3.8) is 0 Å². The molecule has 0 fully saturated rings. The molecule has 0 aromatic heterocycles. The molecule has 0 atom stereocenters. The van der Waals surface area contributed by atoms with E-state index in [1.807, 2.05) is 6.92 Å². The summed E-state index contributed by atoms with van der Waals surface area (Å²) in [4.78, 5) is 23.7. The largest absolute Gasteiger partial charge is 0.478 e. The summed E-state index contributed by atoms with van der Waals surface area (Å²) in [5.41, 5.74) is 0.634. The number of rotatable bonds is 6. The van der Waals surface area contributed by atoms with Gasteiger partial charge >= 0.3 is 5.97 Å². The summed E-state index contributed by atoms with van der Waals surface area (Å²) in [5.74, 6) is -1.90. The molecule has 1 aromatic carbocycles. The molecule has 0 saturated carbocycles. The van der Waals surface area contributed by atoms with Crippen molar-refractivity contribution in [3.05, 3.63) is 35.7 Å². The van der Waals surface area contributed by atoms with E-state index in [1.165, 1.54) is 25.3 Å². The number of hydrogen-bond acceptors (Lipinski definition) is 3. The number of anilines is 1. The number of nitrogens with one attached hydrogen (secondary N) is 1. The summed E-state index contributed by atoms with van der Waals surface area (Å²) < 4.78 is 13.8. The molecule has 1 amide bonds. The maximum atomic E-state index is 13.8. The van der Waals surface area contributed by atoms with Crippen LogP contribution in [0, 0.1) is 5.82 Å². The van der Waals surface area contributed by atoms with Gasteiger partial charge in [-0.1, -0.05) is 6.07 Å². The van der Waals surface area contributed by atoms with E-state index in [-0.39, 0.29) is 18.0 Å². The first-order chi connectivity index (χ1) is 9.49. The second-order valence-corrected chi connectivity index (χ2v) is 4.03. The monoisotopic (exact) mass is 280 g/mol. The van der Waals surface area contributed by atoms with Crippen molar-refractivity contribution in [1.29, 1.82) is 0 Å². The number of nitrogens with zero attached hydrogens (tertiary/aromatic N) is 1. The third-order valence-electron chi connectivity index (χ3n) is 2.76. The number of halogens is 1. The van der Waals surface area contributed by atoms with Crippen LogP contribution >= 0.6 is 0 Å². The molecule has 0 radical (unpaired) electrons. The fourth-order valence-corrected chi connectivity index (χ4v) is 1.74. The Bertz CT molecular complexity index is 529. The number of carbonyl (C=O) groups is 2. The number of benzene rings is 1. The lowest BCUT2D eigenvalue weighted by Crippen LogP contribution is -2.36. The fourth-order valence-electron chi connectivity index (χ4n) is 1.74. The van der Waals surface area contributed by atoms with Gasteiger partial charge in [-0.15, -0.1) is 0 Å². The number of carbonyl (C=O) groups excluding carboxylic acids is 1. The maximum Gasteiger partial charge on any atom is 0.328 e. The first-order valence-corrected chi connectivity index (χ1v) is 6.14. The van der Waals surface area contributed by atoms with Crippen molar-refractivity contribution in [3.8, 4) is 0 Å². The Kier molecular flexibility index (Phi) is 5.71. The van der Waals surface area contributed by atoms with Gasteiger partial charge in [0.2, 0.25) is 5.91 Å². The second kappa shape index (κ2) is 7.28. The molecule has 0 saturated heterocycles. The number of hydrogen-bond donors (Lipinski definition) is 2. The Morgan fingerprint density at radius 1 is 1.45 bits per heavy atom. The molecule has 1 rings (SSSR count). The van der Waals surface area contributed by atoms with Crippen molar-refractivity contribution < 1.29 is 19.1 Å². The van der Waals surface area contributed by atoms with Gasteiger partial charge in [-0.05, 0) is 25.1 Å². The van der Waals surface area contributed by atoms with Gasteiger partial charge in [0.05, 0.1) is 6.54 Å². The normalized spacial score (nSPS) is 10.6. The molecular weight excluding hydrogens is 263 g/mol. The third-order valence-corrected chi connectivity index (χ3v) is 2.76. The van der Waals surface area contributed by atoms with Crippen LogP contribution in [0.3, 0.4) is 0 Å². The van der Waals surface area contributed by atoms with Crippen LogP contribution in [-0.4, -0.2) is 37.1 Å². The van der Waals surface area contributed by atoms with Crippen LogP contribution in [0.1, 0.15) is 12.5 Å². The lowest BCUT2D eigenvalue weighted by Gasteiger charge is -2.24. The van der Waals surface area contributed by atoms with Crippen molar-refractivity contribution in [2.24, 2.45) is 0 Å². The van der Waals surface area contributed by atoms with Crippen LogP contribution in [-0.2, 0) is 9.59 Å². The van der Waals surface area contributed by atoms with E-state index in [0.29, 0.717) is 12.2 Å². The number of amides is 1. The third kappa shape index (κ3) is 4.08. The summed E-state index contributed by atoms with van der Waals surface area (Å²) in [7, 11) is 1.52. The molecule has 2 N–H and O–H groups in total. The van der Waals surface area contributed by atoms with Gasteiger partial charge in [0.25, 0.3) is 0 Å².